The number of hydrogen-bond acceptors (Lipinski definition) is 3. The molecule has 1 aromatic heterocycles. The molecule has 3 rings (SSSR count). The standard InChI is InChI=1S/C16H20FN3O2S/c1-12(2)19-11-15(10-18-19)23(21,22)20-9-3-4-16(20)13-5-7-14(17)8-6-13/h5-8,10-12,16H,3-4,9H2,1-2H3/t16-/m1/s1. The van der Waals surface area contributed by atoms with E-state index in [0.29, 0.717) is 6.54 Å². The highest BCUT2D eigenvalue weighted by Gasteiger charge is 2.36. The molecule has 1 fully saturated rings. The Morgan fingerprint density at radius 1 is 1.26 bits per heavy atom. The first-order valence-corrected chi connectivity index (χ1v) is 9.15. The Labute approximate surface area is 135 Å². The highest BCUT2D eigenvalue weighted by molar-refractivity contribution is 7.89. The summed E-state index contributed by atoms with van der Waals surface area (Å²) >= 11 is 0. The fourth-order valence-electron chi connectivity index (χ4n) is 2.92. The molecule has 0 bridgehead atoms. The molecule has 0 radical (unpaired) electrons. The molecule has 2 heterocycles. The smallest absolute Gasteiger partial charge is 0.246 e. The predicted molar refractivity (Wildman–Crippen MR) is 84.9 cm³/mol. The SMILES string of the molecule is CC(C)n1cc(S(=O)(=O)N2CCC[C@@H]2c2ccc(F)cc2)cn1. The number of benzene rings is 1. The molecule has 2 aromatic rings. The molecule has 1 aromatic carbocycles. The first-order chi connectivity index (χ1) is 10.9. The fourth-order valence-corrected chi connectivity index (χ4v) is 4.54. The van der Waals surface area contributed by atoms with Gasteiger partial charge < -0.3 is 0 Å². The van der Waals surface area contributed by atoms with Crippen LogP contribution in [0.4, 0.5) is 4.39 Å². The molecule has 0 aliphatic carbocycles. The number of aromatic nitrogens is 2. The minimum atomic E-state index is -3.60. The maximum atomic E-state index is 13.1. The van der Waals surface area contributed by atoms with Gasteiger partial charge in [-0.1, -0.05) is 12.1 Å². The minimum Gasteiger partial charge on any atom is -0.269 e. The number of nitrogens with zero attached hydrogens (tertiary/aromatic N) is 3. The van der Waals surface area contributed by atoms with Crippen LogP contribution in [0.1, 0.15) is 44.3 Å². The van der Waals surface area contributed by atoms with Crippen molar-refractivity contribution in [3.05, 3.63) is 48.0 Å². The van der Waals surface area contributed by atoms with Gasteiger partial charge in [-0.15, -0.1) is 0 Å². The number of hydrogen-bond donors (Lipinski definition) is 0. The molecular formula is C16H20FN3O2S. The zero-order valence-corrected chi connectivity index (χ0v) is 14.0. The van der Waals surface area contributed by atoms with Gasteiger partial charge in [-0.05, 0) is 44.4 Å². The van der Waals surface area contributed by atoms with Crippen molar-refractivity contribution in [2.75, 3.05) is 6.54 Å². The summed E-state index contributed by atoms with van der Waals surface area (Å²) in [5.41, 5.74) is 0.823. The monoisotopic (exact) mass is 337 g/mol. The van der Waals surface area contributed by atoms with Crippen molar-refractivity contribution in [1.82, 2.24) is 14.1 Å². The predicted octanol–water partition coefficient (Wildman–Crippen LogP) is 3.13. The van der Waals surface area contributed by atoms with Crippen LogP contribution in [0.5, 0.6) is 0 Å². The van der Waals surface area contributed by atoms with Gasteiger partial charge in [-0.25, -0.2) is 12.8 Å². The Morgan fingerprint density at radius 2 is 1.96 bits per heavy atom. The molecule has 0 amide bonds. The van der Waals surface area contributed by atoms with E-state index in [-0.39, 0.29) is 22.8 Å². The second-order valence-electron chi connectivity index (χ2n) is 6.08. The Morgan fingerprint density at radius 3 is 2.57 bits per heavy atom. The van der Waals surface area contributed by atoms with E-state index in [1.165, 1.54) is 22.6 Å². The summed E-state index contributed by atoms with van der Waals surface area (Å²) in [6, 6.07) is 5.91. The summed E-state index contributed by atoms with van der Waals surface area (Å²) < 4.78 is 42.1. The number of halogens is 1. The number of rotatable bonds is 4. The Bertz CT molecular complexity index is 784. The van der Waals surface area contributed by atoms with E-state index in [1.807, 2.05) is 13.8 Å². The van der Waals surface area contributed by atoms with Crippen molar-refractivity contribution >= 4 is 10.0 Å². The number of sulfonamides is 1. The zero-order chi connectivity index (χ0) is 16.6. The van der Waals surface area contributed by atoms with Crippen LogP contribution in [0.2, 0.25) is 0 Å². The van der Waals surface area contributed by atoms with Crippen LogP contribution in [0.25, 0.3) is 0 Å². The molecular weight excluding hydrogens is 317 g/mol. The van der Waals surface area contributed by atoms with Crippen molar-refractivity contribution in [2.45, 2.75) is 43.7 Å². The maximum Gasteiger partial charge on any atom is 0.246 e. The van der Waals surface area contributed by atoms with Crippen LogP contribution >= 0.6 is 0 Å². The molecule has 1 aliphatic rings. The van der Waals surface area contributed by atoms with E-state index in [1.54, 1.807) is 23.0 Å². The van der Waals surface area contributed by atoms with Crippen molar-refractivity contribution in [3.8, 4) is 0 Å². The van der Waals surface area contributed by atoms with Crippen molar-refractivity contribution < 1.29 is 12.8 Å². The van der Waals surface area contributed by atoms with Crippen molar-refractivity contribution in [1.29, 1.82) is 0 Å². The van der Waals surface area contributed by atoms with E-state index in [4.69, 9.17) is 0 Å². The van der Waals surface area contributed by atoms with Gasteiger partial charge in [-0.2, -0.15) is 9.40 Å². The van der Waals surface area contributed by atoms with E-state index in [9.17, 15) is 12.8 Å². The average molecular weight is 337 g/mol. The Kier molecular flexibility index (Phi) is 4.25. The molecule has 0 N–H and O–H groups in total. The summed E-state index contributed by atoms with van der Waals surface area (Å²) in [5, 5.41) is 4.12. The average Bonchev–Trinajstić information content (AvgIpc) is 3.18. The summed E-state index contributed by atoms with van der Waals surface area (Å²) in [5.74, 6) is -0.320. The van der Waals surface area contributed by atoms with Crippen LogP contribution in [-0.2, 0) is 10.0 Å². The Hall–Kier alpha value is -1.73. The molecule has 124 valence electrons. The van der Waals surface area contributed by atoms with Crippen LogP contribution in [0, 0.1) is 5.82 Å². The van der Waals surface area contributed by atoms with E-state index < -0.39 is 10.0 Å². The third-order valence-electron chi connectivity index (χ3n) is 4.17. The molecule has 0 spiro atoms. The lowest BCUT2D eigenvalue weighted by Gasteiger charge is -2.23. The molecule has 5 nitrogen and oxygen atoms in total. The van der Waals surface area contributed by atoms with Gasteiger partial charge in [0.1, 0.15) is 10.7 Å². The highest BCUT2D eigenvalue weighted by Crippen LogP contribution is 2.36. The molecule has 1 saturated heterocycles. The maximum absolute atomic E-state index is 13.1. The van der Waals surface area contributed by atoms with Crippen LogP contribution < -0.4 is 0 Å². The Balaban J connectivity index is 1.92. The van der Waals surface area contributed by atoms with Gasteiger partial charge in [0.15, 0.2) is 0 Å². The minimum absolute atomic E-state index is 0.102. The lowest BCUT2D eigenvalue weighted by Crippen LogP contribution is -2.30. The van der Waals surface area contributed by atoms with E-state index in [0.717, 1.165) is 18.4 Å². The van der Waals surface area contributed by atoms with Gasteiger partial charge in [0.2, 0.25) is 10.0 Å². The quantitative estimate of drug-likeness (QED) is 0.861. The van der Waals surface area contributed by atoms with Gasteiger partial charge in [0.25, 0.3) is 0 Å². The van der Waals surface area contributed by atoms with Crippen LogP contribution in [0.15, 0.2) is 41.6 Å². The fraction of sp³-hybridized carbons (Fsp3) is 0.438. The lowest BCUT2D eigenvalue weighted by atomic mass is 10.1. The highest BCUT2D eigenvalue weighted by atomic mass is 32.2. The topological polar surface area (TPSA) is 55.2 Å². The summed E-state index contributed by atoms with van der Waals surface area (Å²) in [4.78, 5) is 0.209. The molecule has 0 saturated carbocycles. The first-order valence-electron chi connectivity index (χ1n) is 7.71. The molecule has 7 heteroatoms. The second-order valence-corrected chi connectivity index (χ2v) is 7.97. The summed E-state index contributed by atoms with van der Waals surface area (Å²) in [6.07, 6.45) is 4.50. The van der Waals surface area contributed by atoms with Gasteiger partial charge in [0, 0.05) is 18.8 Å². The van der Waals surface area contributed by atoms with Crippen LogP contribution in [0.3, 0.4) is 0 Å². The first kappa shape index (κ1) is 16.1. The van der Waals surface area contributed by atoms with Crippen molar-refractivity contribution in [2.24, 2.45) is 0 Å². The third-order valence-corrected chi connectivity index (χ3v) is 6.03. The third kappa shape index (κ3) is 3.03. The van der Waals surface area contributed by atoms with Gasteiger partial charge in [-0.3, -0.25) is 4.68 Å². The lowest BCUT2D eigenvalue weighted by molar-refractivity contribution is 0.396. The van der Waals surface area contributed by atoms with Crippen LogP contribution in [-0.4, -0.2) is 29.0 Å². The van der Waals surface area contributed by atoms with Crippen molar-refractivity contribution in [3.63, 3.8) is 0 Å². The van der Waals surface area contributed by atoms with Gasteiger partial charge in [0.05, 0.1) is 12.2 Å². The van der Waals surface area contributed by atoms with E-state index in [2.05, 4.69) is 5.10 Å². The second kappa shape index (κ2) is 6.05. The normalized spacial score (nSPS) is 19.6. The van der Waals surface area contributed by atoms with Gasteiger partial charge >= 0.3 is 0 Å². The largest absolute Gasteiger partial charge is 0.269 e. The molecule has 1 aliphatic heterocycles. The zero-order valence-electron chi connectivity index (χ0n) is 13.2. The molecule has 1 atom stereocenters. The summed E-state index contributed by atoms with van der Waals surface area (Å²) in [6.45, 7) is 4.36. The van der Waals surface area contributed by atoms with E-state index >= 15 is 0 Å². The molecule has 0 unspecified atom stereocenters. The summed E-state index contributed by atoms with van der Waals surface area (Å²) in [7, 11) is -3.60. The molecule has 23 heavy (non-hydrogen) atoms.